The molecule has 1 heterocycles. The molecule has 1 aliphatic rings. The number of carboxylic acid groups (broad SMARTS) is 1. The van der Waals surface area contributed by atoms with Gasteiger partial charge in [0.2, 0.25) is 0 Å². The van der Waals surface area contributed by atoms with Crippen molar-refractivity contribution in [1.82, 2.24) is 0 Å². The molecular weight excluding hydrogens is 448 g/mol. The zero-order chi connectivity index (χ0) is 20.5. The van der Waals surface area contributed by atoms with Gasteiger partial charge in [0.1, 0.15) is 10.6 Å². The number of thioether (sulfide) groups is 1. The van der Waals surface area contributed by atoms with E-state index in [9.17, 15) is 9.90 Å². The molecule has 3 rings (SSSR count). The molecule has 0 bridgehead atoms. The first-order valence-corrected chi connectivity index (χ1v) is 11.2. The number of aliphatic carboxylic acids is 1. The molecule has 0 fully saturated rings. The first-order chi connectivity index (χ1) is 14.1. The zero-order valence-electron chi connectivity index (χ0n) is 17.3. The maximum Gasteiger partial charge on any atom is 0.303 e. The quantitative estimate of drug-likeness (QED) is 0.195. The molecule has 1 unspecified atom stereocenters. The summed E-state index contributed by atoms with van der Waals surface area (Å²) in [5, 5.41) is 22.7. The van der Waals surface area contributed by atoms with E-state index in [4.69, 9.17) is 5.11 Å². The Morgan fingerprint density at radius 2 is 1.63 bits per heavy atom. The molecule has 30 heavy (non-hydrogen) atoms. The molecule has 1 atom stereocenters. The van der Waals surface area contributed by atoms with E-state index in [1.165, 1.54) is 4.90 Å². The zero-order valence-corrected chi connectivity index (χ0v) is 21.1. The van der Waals surface area contributed by atoms with Gasteiger partial charge in [-0.1, -0.05) is 73.9 Å². The van der Waals surface area contributed by atoms with Crippen LogP contribution in [0.25, 0.3) is 0 Å². The fourth-order valence-electron chi connectivity index (χ4n) is 3.63. The number of carbonyl (C=O) groups is 1. The minimum atomic E-state index is -0.700. The number of phenols is 1. The molecule has 1 aliphatic heterocycles. The van der Waals surface area contributed by atoms with Gasteiger partial charge in [-0.25, -0.2) is 0 Å². The van der Waals surface area contributed by atoms with E-state index in [-0.39, 0.29) is 25.9 Å². The Hall–Kier alpha value is -1.78. The molecule has 4 nitrogen and oxygen atoms in total. The SMILES string of the molecule is O=C(O)CCCCCCCCC=CC1(c2ccccc2O)Nc2ccccc2S1.[Zn]. The maximum atomic E-state index is 10.5. The van der Waals surface area contributed by atoms with Gasteiger partial charge in [-0.05, 0) is 43.5 Å². The molecule has 0 amide bonds. The van der Waals surface area contributed by atoms with E-state index in [2.05, 4.69) is 29.6 Å². The maximum absolute atomic E-state index is 10.5. The van der Waals surface area contributed by atoms with E-state index in [0.717, 1.165) is 56.2 Å². The van der Waals surface area contributed by atoms with Crippen molar-refractivity contribution in [2.75, 3.05) is 5.32 Å². The van der Waals surface area contributed by atoms with E-state index < -0.39 is 10.8 Å². The smallest absolute Gasteiger partial charge is 0.303 e. The second-order valence-corrected chi connectivity index (χ2v) is 8.72. The first kappa shape index (κ1) is 24.5. The Bertz CT molecular complexity index is 831. The number of fused-ring (bicyclic) bond motifs is 1. The number of nitrogens with one attached hydrogen (secondary N) is 1. The van der Waals surface area contributed by atoms with Gasteiger partial charge in [0.25, 0.3) is 0 Å². The van der Waals surface area contributed by atoms with Crippen LogP contribution in [-0.2, 0) is 29.1 Å². The number of hydrogen-bond donors (Lipinski definition) is 3. The number of benzene rings is 2. The summed E-state index contributed by atoms with van der Waals surface area (Å²) in [7, 11) is 0. The van der Waals surface area contributed by atoms with Crippen LogP contribution < -0.4 is 5.32 Å². The largest absolute Gasteiger partial charge is 0.508 e. The van der Waals surface area contributed by atoms with Crippen LogP contribution in [0.4, 0.5) is 5.69 Å². The van der Waals surface area contributed by atoms with E-state index in [1.807, 2.05) is 30.3 Å². The van der Waals surface area contributed by atoms with Gasteiger partial charge in [-0.3, -0.25) is 4.79 Å². The Labute approximate surface area is 195 Å². The standard InChI is InChI=1S/C24H29NO3S.Zn/c26-21-15-10-8-13-19(21)24(25-20-14-9-11-16-22(20)29-24)18-12-6-4-2-1-3-5-7-17-23(27)28;/h8-16,18,25-26H,1-7,17H2,(H,27,28);. The molecule has 0 radical (unpaired) electrons. The molecule has 0 spiro atoms. The van der Waals surface area contributed by atoms with Crippen LogP contribution in [0.2, 0.25) is 0 Å². The summed E-state index contributed by atoms with van der Waals surface area (Å²) in [6, 6.07) is 15.8. The van der Waals surface area contributed by atoms with Crippen LogP contribution >= 0.6 is 11.8 Å². The predicted molar refractivity (Wildman–Crippen MR) is 119 cm³/mol. The molecule has 2 aromatic carbocycles. The summed E-state index contributed by atoms with van der Waals surface area (Å²) < 4.78 is 0. The third kappa shape index (κ3) is 6.61. The third-order valence-corrected chi connectivity index (χ3v) is 6.50. The summed E-state index contributed by atoms with van der Waals surface area (Å²) in [6.07, 6.45) is 12.0. The van der Waals surface area contributed by atoms with Gasteiger partial charge in [0.05, 0.1) is 0 Å². The third-order valence-electron chi connectivity index (χ3n) is 5.15. The van der Waals surface area contributed by atoms with Crippen molar-refractivity contribution in [3.05, 3.63) is 66.2 Å². The topological polar surface area (TPSA) is 69.6 Å². The number of carboxylic acids is 1. The summed E-state index contributed by atoms with van der Waals surface area (Å²) in [5.74, 6) is -0.402. The Morgan fingerprint density at radius 1 is 0.967 bits per heavy atom. The Morgan fingerprint density at radius 3 is 2.37 bits per heavy atom. The molecule has 0 saturated heterocycles. The number of rotatable bonds is 11. The van der Waals surface area contributed by atoms with Crippen LogP contribution in [0.3, 0.4) is 0 Å². The van der Waals surface area contributed by atoms with Crippen molar-refractivity contribution in [2.45, 2.75) is 61.1 Å². The number of allylic oxidation sites excluding steroid dienone is 1. The molecule has 0 saturated carbocycles. The molecule has 156 valence electrons. The molecule has 0 aliphatic carbocycles. The van der Waals surface area contributed by atoms with Gasteiger partial charge in [-0.2, -0.15) is 0 Å². The molecule has 2 aromatic rings. The summed E-state index contributed by atoms with van der Waals surface area (Å²) >= 11 is 1.72. The number of phenolic OH excluding ortho intramolecular Hbond substituents is 1. The van der Waals surface area contributed by atoms with Gasteiger partial charge in [-0.15, -0.1) is 0 Å². The summed E-state index contributed by atoms with van der Waals surface area (Å²) in [4.78, 5) is 11.2. The minimum absolute atomic E-state index is 0. The molecule has 0 aromatic heterocycles. The second-order valence-electron chi connectivity index (χ2n) is 7.43. The average Bonchev–Trinajstić information content (AvgIpc) is 3.09. The van der Waals surface area contributed by atoms with Crippen LogP contribution in [0, 0.1) is 0 Å². The monoisotopic (exact) mass is 475 g/mol. The second kappa shape index (κ2) is 12.2. The van der Waals surface area contributed by atoms with Crippen LogP contribution in [0.15, 0.2) is 65.6 Å². The van der Waals surface area contributed by atoms with Crippen LogP contribution in [-0.4, -0.2) is 16.2 Å². The Kier molecular flexibility index (Phi) is 9.93. The average molecular weight is 477 g/mol. The normalized spacial score (nSPS) is 17.3. The summed E-state index contributed by atoms with van der Waals surface area (Å²) in [5.41, 5.74) is 1.96. The fourth-order valence-corrected chi connectivity index (χ4v) is 4.96. The minimum Gasteiger partial charge on any atom is -0.508 e. The van der Waals surface area contributed by atoms with Crippen LogP contribution in [0.1, 0.15) is 56.9 Å². The fraction of sp³-hybridized carbons (Fsp3) is 0.375. The Balaban J connectivity index is 0.00000320. The van der Waals surface area contributed by atoms with Crippen LogP contribution in [0.5, 0.6) is 5.75 Å². The summed E-state index contributed by atoms with van der Waals surface area (Å²) in [6.45, 7) is 0. The van der Waals surface area contributed by atoms with Gasteiger partial charge >= 0.3 is 5.97 Å². The number of unbranched alkanes of at least 4 members (excludes halogenated alkanes) is 6. The van der Waals surface area contributed by atoms with Crippen molar-refractivity contribution in [3.8, 4) is 5.75 Å². The number of aromatic hydroxyl groups is 1. The van der Waals surface area contributed by atoms with E-state index >= 15 is 0 Å². The molecular formula is C24H29NO3SZn. The first-order valence-electron chi connectivity index (χ1n) is 10.3. The number of para-hydroxylation sites is 2. The van der Waals surface area contributed by atoms with Crippen molar-refractivity contribution in [2.24, 2.45) is 0 Å². The molecule has 6 heteroatoms. The van der Waals surface area contributed by atoms with Crippen molar-refractivity contribution in [3.63, 3.8) is 0 Å². The molecule has 3 N–H and O–H groups in total. The van der Waals surface area contributed by atoms with Crippen molar-refractivity contribution < 1.29 is 34.5 Å². The van der Waals surface area contributed by atoms with Crippen molar-refractivity contribution in [1.29, 1.82) is 0 Å². The van der Waals surface area contributed by atoms with Gasteiger partial charge < -0.3 is 15.5 Å². The number of hydrogen-bond acceptors (Lipinski definition) is 4. The van der Waals surface area contributed by atoms with Gasteiger partial charge in [0.15, 0.2) is 0 Å². The number of anilines is 1. The van der Waals surface area contributed by atoms with Crippen molar-refractivity contribution >= 4 is 23.4 Å². The van der Waals surface area contributed by atoms with E-state index in [0.29, 0.717) is 5.75 Å². The van der Waals surface area contributed by atoms with E-state index in [1.54, 1.807) is 17.8 Å². The van der Waals surface area contributed by atoms with Gasteiger partial charge in [0, 0.05) is 42.0 Å². The predicted octanol–water partition coefficient (Wildman–Crippen LogP) is 6.52.